The second-order valence-corrected chi connectivity index (χ2v) is 16.5. The Morgan fingerprint density at radius 3 is 2.05 bits per heavy atom. The first-order chi connectivity index (χ1) is 29.9. The minimum absolute atomic E-state index is 0. The Kier molecular flexibility index (Phi) is 10.00. The van der Waals surface area contributed by atoms with Gasteiger partial charge in [-0.1, -0.05) is 142 Å². The molecule has 0 radical (unpaired) electrons. The second kappa shape index (κ2) is 15.7. The van der Waals surface area contributed by atoms with Gasteiger partial charge in [0.15, 0.2) is 0 Å². The molecule has 0 bridgehead atoms. The van der Waals surface area contributed by atoms with Gasteiger partial charge in [0.1, 0.15) is 6.67 Å². The van der Waals surface area contributed by atoms with Crippen LogP contribution >= 0.6 is 0 Å². The summed E-state index contributed by atoms with van der Waals surface area (Å²) in [6.45, 7) is 8.45. The molecule has 0 aliphatic rings. The van der Waals surface area contributed by atoms with E-state index in [1.807, 2.05) is 60.7 Å². The van der Waals surface area contributed by atoms with E-state index in [0.29, 0.717) is 28.2 Å². The summed E-state index contributed by atoms with van der Waals surface area (Å²) < 4.78 is 25.8. The van der Waals surface area contributed by atoms with Gasteiger partial charge in [-0.2, -0.15) is 0 Å². The van der Waals surface area contributed by atoms with Crippen molar-refractivity contribution < 1.29 is 30.2 Å². The summed E-state index contributed by atoms with van der Waals surface area (Å²) in [5, 5.41) is 4.82. The number of ether oxygens (including phenoxy) is 1. The smallest absolute Gasteiger partial charge is 0.497 e. The molecule has 0 aliphatic heterocycles. The molecule has 0 spiro atoms. The molecule has 0 atom stereocenters. The summed E-state index contributed by atoms with van der Waals surface area (Å²) in [5.41, 5.74) is 12.6. The molecule has 304 valence electrons. The second-order valence-electron chi connectivity index (χ2n) is 16.5. The number of nitrogens with zero attached hydrogens (tertiary/aromatic N) is 4. The quantitative estimate of drug-likeness (QED) is 0.113. The van der Waals surface area contributed by atoms with Crippen molar-refractivity contribution in [3.63, 3.8) is 0 Å². The number of hydrogen-bond donors (Lipinski definition) is 0. The van der Waals surface area contributed by atoms with E-state index in [-0.39, 0.29) is 32.9 Å². The molecule has 3 heterocycles. The van der Waals surface area contributed by atoms with Crippen LogP contribution < -0.4 is 4.74 Å². The topological polar surface area (TPSA) is 44.4 Å². The minimum Gasteiger partial charge on any atom is -0.497 e. The summed E-state index contributed by atoms with van der Waals surface area (Å²) in [6.07, 6.45) is 0. The van der Waals surface area contributed by atoms with Crippen molar-refractivity contribution in [2.45, 2.75) is 46.2 Å². The van der Waals surface area contributed by atoms with E-state index in [1.165, 1.54) is 22.3 Å². The third-order valence-electron chi connectivity index (χ3n) is 12.0. The molecular formula is C55H41FN4OPt. The molecule has 11 rings (SSSR count). The molecule has 8 aromatic carbocycles. The Balaban J connectivity index is 0.00000458. The normalized spacial score (nSPS) is 11.9. The van der Waals surface area contributed by atoms with Crippen LogP contribution in [0.25, 0.3) is 88.4 Å². The number of halogens is 1. The molecule has 62 heavy (non-hydrogen) atoms. The van der Waals surface area contributed by atoms with Crippen molar-refractivity contribution in [1.82, 2.24) is 18.9 Å². The largest absolute Gasteiger partial charge is 2.00 e. The van der Waals surface area contributed by atoms with Gasteiger partial charge in [-0.05, 0) is 81.3 Å². The zero-order valence-corrected chi connectivity index (χ0v) is 37.0. The first-order valence-corrected chi connectivity index (χ1v) is 20.9. The molecule has 0 saturated carbocycles. The van der Waals surface area contributed by atoms with Crippen molar-refractivity contribution >= 4 is 60.2 Å². The SMILES string of the molecule is CC(C)c1cc(-c2ccccc2)cc(C(C)C)c1-n1c(-c2[c-]c(Oc3[c-]c4c(cc3)c3ccccc3n3c4nc4c(CF)cc5ccccc5c43)ccc2)nc2ccccc21.[Pt+2]. The van der Waals surface area contributed by atoms with Crippen LogP contribution in [-0.2, 0) is 27.7 Å². The summed E-state index contributed by atoms with van der Waals surface area (Å²) in [7, 11) is 0. The Morgan fingerprint density at radius 1 is 0.613 bits per heavy atom. The van der Waals surface area contributed by atoms with Crippen molar-refractivity contribution in [2.24, 2.45) is 0 Å². The fourth-order valence-corrected chi connectivity index (χ4v) is 9.13. The Hall–Kier alpha value is -6.62. The monoisotopic (exact) mass is 987 g/mol. The van der Waals surface area contributed by atoms with Crippen molar-refractivity contribution in [3.05, 3.63) is 180 Å². The fourth-order valence-electron chi connectivity index (χ4n) is 9.13. The molecule has 5 nitrogen and oxygen atoms in total. The van der Waals surface area contributed by atoms with Crippen molar-refractivity contribution in [2.75, 3.05) is 0 Å². The van der Waals surface area contributed by atoms with E-state index in [9.17, 15) is 4.39 Å². The fraction of sp³-hybridized carbons (Fsp3) is 0.127. The molecular weight excluding hydrogens is 947 g/mol. The summed E-state index contributed by atoms with van der Waals surface area (Å²) in [6, 6.07) is 59.2. The van der Waals surface area contributed by atoms with E-state index in [4.69, 9.17) is 14.7 Å². The van der Waals surface area contributed by atoms with Gasteiger partial charge in [-0.25, -0.2) is 4.39 Å². The van der Waals surface area contributed by atoms with Gasteiger partial charge in [0.2, 0.25) is 0 Å². The number of imidazole rings is 2. The summed E-state index contributed by atoms with van der Waals surface area (Å²) >= 11 is 0. The van der Waals surface area contributed by atoms with Crippen molar-refractivity contribution in [1.29, 1.82) is 0 Å². The molecule has 0 fully saturated rings. The summed E-state index contributed by atoms with van der Waals surface area (Å²) in [5.74, 6) is 2.33. The average Bonchev–Trinajstić information content (AvgIpc) is 3.89. The van der Waals surface area contributed by atoms with E-state index in [0.717, 1.165) is 66.1 Å². The number of alkyl halides is 1. The molecule has 3 aromatic heterocycles. The maximum atomic E-state index is 14.7. The number of aromatic nitrogens is 4. The molecule has 11 aromatic rings. The van der Waals surface area contributed by atoms with Crippen LogP contribution in [0.2, 0.25) is 0 Å². The number of hydrogen-bond acceptors (Lipinski definition) is 3. The third kappa shape index (κ3) is 6.39. The van der Waals surface area contributed by atoms with Crippen LogP contribution in [0.1, 0.15) is 56.2 Å². The van der Waals surface area contributed by atoms with Gasteiger partial charge >= 0.3 is 21.1 Å². The van der Waals surface area contributed by atoms with Crippen LogP contribution in [-0.4, -0.2) is 18.9 Å². The number of benzene rings is 8. The van der Waals surface area contributed by atoms with E-state index >= 15 is 0 Å². The Labute approximate surface area is 373 Å². The van der Waals surface area contributed by atoms with Gasteiger partial charge in [0, 0.05) is 33.7 Å². The molecule has 0 unspecified atom stereocenters. The van der Waals surface area contributed by atoms with Crippen molar-refractivity contribution in [3.8, 4) is 39.7 Å². The maximum absolute atomic E-state index is 14.7. The van der Waals surface area contributed by atoms with Gasteiger partial charge in [0.25, 0.3) is 0 Å². The van der Waals surface area contributed by atoms with Crippen LogP contribution in [0.15, 0.2) is 152 Å². The zero-order valence-electron chi connectivity index (χ0n) is 34.7. The van der Waals surface area contributed by atoms with Crippen LogP contribution in [0.5, 0.6) is 11.5 Å². The summed E-state index contributed by atoms with van der Waals surface area (Å²) in [4.78, 5) is 10.4. The zero-order chi connectivity index (χ0) is 41.4. The average molecular weight is 988 g/mol. The molecule has 0 aliphatic carbocycles. The maximum Gasteiger partial charge on any atom is 2.00 e. The minimum atomic E-state index is -0.615. The van der Waals surface area contributed by atoms with Crippen LogP contribution in [0.4, 0.5) is 4.39 Å². The predicted molar refractivity (Wildman–Crippen MR) is 248 cm³/mol. The predicted octanol–water partition coefficient (Wildman–Crippen LogP) is 14.7. The van der Waals surface area contributed by atoms with Gasteiger partial charge in [0.05, 0.1) is 33.5 Å². The van der Waals surface area contributed by atoms with Crippen LogP contribution in [0, 0.1) is 12.1 Å². The number of rotatable bonds is 8. The molecule has 7 heteroatoms. The number of fused-ring (bicyclic) bond motifs is 11. The first-order valence-electron chi connectivity index (χ1n) is 20.9. The standard InChI is InChI=1S/C55H41FN4O.Pt/c1-33(2)45-29-38(35-15-6-5-7-16-35)30-46(34(3)4)52(45)60-50-24-13-11-22-48(50)57-54(60)37-18-14-19-40(28-37)61-41-25-26-43-44-21-10-12-23-49(44)59-53-42-20-9-8-17-36(42)27-39(32-56)51(53)58-55(59)47(43)31-41;/h5-27,29-30,33-34H,32H2,1-4H3;/q-2;+2. The van der Waals surface area contributed by atoms with Gasteiger partial charge in [-0.3, -0.25) is 9.97 Å². The Bertz CT molecular complexity index is 3490. The van der Waals surface area contributed by atoms with E-state index < -0.39 is 6.67 Å². The molecule has 0 saturated heterocycles. The third-order valence-corrected chi connectivity index (χ3v) is 12.0. The number of para-hydroxylation sites is 3. The molecule has 0 amide bonds. The van der Waals surface area contributed by atoms with Crippen LogP contribution in [0.3, 0.4) is 0 Å². The van der Waals surface area contributed by atoms with E-state index in [2.05, 4.69) is 140 Å². The number of pyridine rings is 1. The molecule has 0 N–H and O–H groups in total. The van der Waals surface area contributed by atoms with E-state index in [1.54, 1.807) is 0 Å². The first kappa shape index (κ1) is 39.5. The van der Waals surface area contributed by atoms with Gasteiger partial charge < -0.3 is 13.7 Å². The Morgan fingerprint density at radius 2 is 1.29 bits per heavy atom. The van der Waals surface area contributed by atoms with Gasteiger partial charge in [-0.15, -0.1) is 29.8 Å².